The third-order valence-corrected chi connectivity index (χ3v) is 7.90. The van der Waals surface area contributed by atoms with Gasteiger partial charge in [0.25, 0.3) is 0 Å². The van der Waals surface area contributed by atoms with Gasteiger partial charge in [0.05, 0.1) is 31.0 Å². The van der Waals surface area contributed by atoms with Gasteiger partial charge < -0.3 is 24.4 Å². The molecule has 194 valence electrons. The van der Waals surface area contributed by atoms with Crippen LogP contribution in [0.4, 0.5) is 11.4 Å². The summed E-state index contributed by atoms with van der Waals surface area (Å²) >= 11 is 5.97. The Morgan fingerprint density at radius 3 is 2.34 bits per heavy atom. The SMILES string of the molecule is Cc1cccnc1-n1c(C)cc([C@@H]2[C@H](c3ccccn3)NC(=S)N2c2ccc(N3CCOCC3)cc2)c1C. The second-order valence-corrected chi connectivity index (χ2v) is 10.3. The molecule has 7 nitrogen and oxygen atoms in total. The number of aryl methyl sites for hydroxylation is 2. The predicted molar refractivity (Wildman–Crippen MR) is 155 cm³/mol. The maximum atomic E-state index is 5.97. The summed E-state index contributed by atoms with van der Waals surface area (Å²) in [4.78, 5) is 14.0. The number of nitrogens with one attached hydrogen (secondary N) is 1. The molecule has 2 aliphatic rings. The molecular weight excluding hydrogens is 492 g/mol. The topological polar surface area (TPSA) is 58.5 Å². The summed E-state index contributed by atoms with van der Waals surface area (Å²) in [5.74, 6) is 0.957. The van der Waals surface area contributed by atoms with Crippen molar-refractivity contribution in [3.05, 3.63) is 101 Å². The highest BCUT2D eigenvalue weighted by molar-refractivity contribution is 7.80. The lowest BCUT2D eigenvalue weighted by Crippen LogP contribution is -2.36. The highest BCUT2D eigenvalue weighted by Crippen LogP contribution is 2.44. The Morgan fingerprint density at radius 2 is 1.63 bits per heavy atom. The van der Waals surface area contributed by atoms with Crippen LogP contribution in [0.2, 0.25) is 0 Å². The van der Waals surface area contributed by atoms with E-state index in [0.29, 0.717) is 5.11 Å². The summed E-state index contributed by atoms with van der Waals surface area (Å²) in [5.41, 5.74) is 7.85. The van der Waals surface area contributed by atoms with Gasteiger partial charge in [-0.05, 0) is 92.6 Å². The van der Waals surface area contributed by atoms with Crippen LogP contribution in [0, 0.1) is 20.8 Å². The van der Waals surface area contributed by atoms with Crippen molar-refractivity contribution >= 4 is 28.7 Å². The molecular formula is C30H32N6OS. The predicted octanol–water partition coefficient (Wildman–Crippen LogP) is 5.21. The van der Waals surface area contributed by atoms with Gasteiger partial charge in [0.1, 0.15) is 5.82 Å². The maximum absolute atomic E-state index is 5.97. The van der Waals surface area contributed by atoms with E-state index in [9.17, 15) is 0 Å². The highest BCUT2D eigenvalue weighted by atomic mass is 32.1. The van der Waals surface area contributed by atoms with E-state index in [0.717, 1.165) is 60.5 Å². The van der Waals surface area contributed by atoms with Gasteiger partial charge in [0, 0.05) is 48.2 Å². The van der Waals surface area contributed by atoms with E-state index in [2.05, 4.69) is 82.9 Å². The van der Waals surface area contributed by atoms with Crippen molar-refractivity contribution in [2.24, 2.45) is 0 Å². The molecule has 38 heavy (non-hydrogen) atoms. The van der Waals surface area contributed by atoms with Gasteiger partial charge in [-0.15, -0.1) is 0 Å². The summed E-state index contributed by atoms with van der Waals surface area (Å²) in [6.45, 7) is 9.77. The summed E-state index contributed by atoms with van der Waals surface area (Å²) in [5, 5.41) is 4.29. The molecule has 3 aromatic heterocycles. The Morgan fingerprint density at radius 1 is 0.895 bits per heavy atom. The lowest BCUT2D eigenvalue weighted by atomic mass is 9.96. The standard InChI is InChI=1S/C30H32N6OS/c1-20-7-6-14-32-29(20)35-21(2)19-25(22(35)3)28-27(26-8-4-5-13-31-26)33-30(38)36(28)24-11-9-23(10-12-24)34-15-17-37-18-16-34/h4-14,19,27-28H,15-18H2,1-3H3,(H,33,38)/t27-,28+/m0/s1. The summed E-state index contributed by atoms with van der Waals surface area (Å²) < 4.78 is 7.78. The minimum absolute atomic E-state index is 0.0735. The third kappa shape index (κ3) is 4.33. The average Bonchev–Trinajstić information content (AvgIpc) is 3.45. The molecule has 4 aromatic rings. The normalized spacial score (nSPS) is 19.6. The van der Waals surface area contributed by atoms with Gasteiger partial charge in [-0.2, -0.15) is 0 Å². The van der Waals surface area contributed by atoms with E-state index in [1.807, 2.05) is 30.6 Å². The number of morpholine rings is 1. The number of aromatic nitrogens is 3. The Labute approximate surface area is 229 Å². The van der Waals surface area contributed by atoms with Crippen LogP contribution in [0.3, 0.4) is 0 Å². The number of ether oxygens (including phenoxy) is 1. The maximum Gasteiger partial charge on any atom is 0.174 e. The van der Waals surface area contributed by atoms with E-state index in [4.69, 9.17) is 26.9 Å². The summed E-state index contributed by atoms with van der Waals surface area (Å²) in [6.07, 6.45) is 3.70. The Kier molecular flexibility index (Phi) is 6.59. The van der Waals surface area contributed by atoms with Crippen molar-refractivity contribution in [2.75, 3.05) is 36.1 Å². The molecule has 2 fully saturated rings. The van der Waals surface area contributed by atoms with Gasteiger partial charge in [-0.1, -0.05) is 12.1 Å². The van der Waals surface area contributed by atoms with E-state index in [-0.39, 0.29) is 12.1 Å². The van der Waals surface area contributed by atoms with E-state index >= 15 is 0 Å². The molecule has 5 heterocycles. The van der Waals surface area contributed by atoms with Gasteiger partial charge in [-0.25, -0.2) is 4.98 Å². The first-order valence-corrected chi connectivity index (χ1v) is 13.5. The lowest BCUT2D eigenvalue weighted by Gasteiger charge is -2.31. The van der Waals surface area contributed by atoms with Crippen LogP contribution in [0.5, 0.6) is 0 Å². The first-order valence-electron chi connectivity index (χ1n) is 13.1. The molecule has 2 aliphatic heterocycles. The van der Waals surface area contributed by atoms with Crippen LogP contribution >= 0.6 is 12.2 Å². The molecule has 1 aromatic carbocycles. The van der Waals surface area contributed by atoms with Crippen LogP contribution in [0.1, 0.15) is 40.3 Å². The smallest absolute Gasteiger partial charge is 0.174 e. The number of hydrogen-bond donors (Lipinski definition) is 1. The highest BCUT2D eigenvalue weighted by Gasteiger charge is 2.42. The molecule has 0 spiro atoms. The van der Waals surface area contributed by atoms with Crippen molar-refractivity contribution in [3.63, 3.8) is 0 Å². The second-order valence-electron chi connectivity index (χ2n) is 9.92. The van der Waals surface area contributed by atoms with Gasteiger partial charge in [0.2, 0.25) is 0 Å². The molecule has 0 amide bonds. The van der Waals surface area contributed by atoms with Crippen molar-refractivity contribution in [1.82, 2.24) is 19.9 Å². The number of thiocarbonyl (C=S) groups is 1. The van der Waals surface area contributed by atoms with E-state index in [1.165, 1.54) is 11.3 Å². The molecule has 2 saturated heterocycles. The van der Waals surface area contributed by atoms with Crippen molar-refractivity contribution < 1.29 is 4.74 Å². The van der Waals surface area contributed by atoms with Crippen LogP contribution in [0.25, 0.3) is 5.82 Å². The molecule has 0 unspecified atom stereocenters. The van der Waals surface area contributed by atoms with E-state index < -0.39 is 0 Å². The van der Waals surface area contributed by atoms with Crippen molar-refractivity contribution in [3.8, 4) is 5.82 Å². The van der Waals surface area contributed by atoms with Gasteiger partial charge in [0.15, 0.2) is 5.11 Å². The zero-order valence-electron chi connectivity index (χ0n) is 22.0. The van der Waals surface area contributed by atoms with Gasteiger partial charge in [-0.3, -0.25) is 4.98 Å². The monoisotopic (exact) mass is 524 g/mol. The number of pyridine rings is 2. The summed E-state index contributed by atoms with van der Waals surface area (Å²) in [6, 6.07) is 21.0. The zero-order valence-corrected chi connectivity index (χ0v) is 22.8. The van der Waals surface area contributed by atoms with Crippen LogP contribution < -0.4 is 15.1 Å². The fourth-order valence-corrected chi connectivity index (χ4v) is 6.06. The Hall–Kier alpha value is -3.75. The Balaban J connectivity index is 1.44. The van der Waals surface area contributed by atoms with Crippen LogP contribution in [0.15, 0.2) is 73.1 Å². The largest absolute Gasteiger partial charge is 0.378 e. The fraction of sp³-hybridized carbons (Fsp3) is 0.300. The first kappa shape index (κ1) is 24.6. The Bertz CT molecular complexity index is 1450. The number of nitrogens with zero attached hydrogens (tertiary/aromatic N) is 5. The van der Waals surface area contributed by atoms with E-state index in [1.54, 1.807) is 0 Å². The molecule has 2 atom stereocenters. The molecule has 0 saturated carbocycles. The number of hydrogen-bond acceptors (Lipinski definition) is 5. The van der Waals surface area contributed by atoms with Crippen molar-refractivity contribution in [1.29, 1.82) is 0 Å². The molecule has 0 bridgehead atoms. The van der Waals surface area contributed by atoms with Crippen LogP contribution in [-0.2, 0) is 4.74 Å². The molecule has 0 radical (unpaired) electrons. The van der Waals surface area contributed by atoms with Crippen molar-refractivity contribution in [2.45, 2.75) is 32.9 Å². The summed E-state index contributed by atoms with van der Waals surface area (Å²) in [7, 11) is 0. The first-order chi connectivity index (χ1) is 18.5. The second kappa shape index (κ2) is 10.2. The molecule has 0 aliphatic carbocycles. The zero-order chi connectivity index (χ0) is 26.2. The number of benzene rings is 1. The molecule has 1 N–H and O–H groups in total. The quantitative estimate of drug-likeness (QED) is 0.360. The fourth-order valence-electron chi connectivity index (χ4n) is 5.72. The van der Waals surface area contributed by atoms with Gasteiger partial charge >= 0.3 is 0 Å². The average molecular weight is 525 g/mol. The minimum Gasteiger partial charge on any atom is -0.378 e. The van der Waals surface area contributed by atoms with Crippen LogP contribution in [-0.4, -0.2) is 46.0 Å². The molecule has 6 rings (SSSR count). The lowest BCUT2D eigenvalue weighted by molar-refractivity contribution is 0.122. The number of rotatable bonds is 5. The number of anilines is 2. The third-order valence-electron chi connectivity index (χ3n) is 7.58. The molecule has 8 heteroatoms. The minimum atomic E-state index is -0.0959.